The van der Waals surface area contributed by atoms with Crippen LogP contribution in [0.2, 0.25) is 0 Å². The predicted molar refractivity (Wildman–Crippen MR) is 92.0 cm³/mol. The molecule has 0 atom stereocenters. The summed E-state index contributed by atoms with van der Waals surface area (Å²) in [5, 5.41) is 4.02. The average molecular weight is 384 g/mol. The van der Waals surface area contributed by atoms with Gasteiger partial charge in [-0.15, -0.1) is 5.10 Å². The van der Waals surface area contributed by atoms with Crippen LogP contribution in [0.25, 0.3) is 0 Å². The summed E-state index contributed by atoms with van der Waals surface area (Å²) in [4.78, 5) is 25.7. The summed E-state index contributed by atoms with van der Waals surface area (Å²) in [6.07, 6.45) is -4.02. The van der Waals surface area contributed by atoms with Gasteiger partial charge in [0.1, 0.15) is 11.9 Å². The molecule has 3 rings (SSSR count). The van der Waals surface area contributed by atoms with Crippen LogP contribution in [-0.4, -0.2) is 33.5 Å². The zero-order valence-electron chi connectivity index (χ0n) is 14.9. The molecule has 0 radical (unpaired) electrons. The third-order valence-electron chi connectivity index (χ3n) is 4.53. The minimum atomic E-state index is -4.48. The molecular formula is C17H19F3N4O3. The van der Waals surface area contributed by atoms with Gasteiger partial charge in [-0.2, -0.15) is 13.2 Å². The molecule has 1 aliphatic rings. The quantitative estimate of drug-likeness (QED) is 0.803. The molecule has 146 valence electrons. The van der Waals surface area contributed by atoms with Crippen LogP contribution in [0, 0.1) is 0 Å². The lowest BCUT2D eigenvalue weighted by Crippen LogP contribution is -2.46. The molecule has 1 aromatic heterocycles. The van der Waals surface area contributed by atoms with Crippen LogP contribution in [0.5, 0.6) is 5.75 Å². The Morgan fingerprint density at radius 2 is 1.74 bits per heavy atom. The SMILES string of the molecule is Cn1nc(N2CCC(Oc3ccccc3C(F)(F)F)CC2)c(=O)n(C)c1=O. The minimum Gasteiger partial charge on any atom is -0.490 e. The molecule has 0 aliphatic carbocycles. The Labute approximate surface area is 152 Å². The van der Waals surface area contributed by atoms with Crippen LogP contribution >= 0.6 is 0 Å². The van der Waals surface area contributed by atoms with E-state index in [2.05, 4.69) is 5.10 Å². The summed E-state index contributed by atoms with van der Waals surface area (Å²) in [5.41, 5.74) is -1.83. The first-order valence-corrected chi connectivity index (χ1v) is 8.40. The van der Waals surface area contributed by atoms with Crippen LogP contribution in [0.3, 0.4) is 0 Å². The molecule has 0 unspecified atom stereocenters. The molecule has 1 saturated heterocycles. The molecule has 1 aliphatic heterocycles. The number of piperidine rings is 1. The van der Waals surface area contributed by atoms with Gasteiger partial charge in [0.05, 0.1) is 5.56 Å². The van der Waals surface area contributed by atoms with Gasteiger partial charge in [0.2, 0.25) is 5.82 Å². The average Bonchev–Trinajstić information content (AvgIpc) is 2.63. The molecule has 0 spiro atoms. The summed E-state index contributed by atoms with van der Waals surface area (Å²) >= 11 is 0. The number of nitrogens with zero attached hydrogens (tertiary/aromatic N) is 4. The first-order chi connectivity index (χ1) is 12.7. The molecule has 27 heavy (non-hydrogen) atoms. The fraction of sp³-hybridized carbons (Fsp3) is 0.471. The number of aromatic nitrogens is 3. The third-order valence-corrected chi connectivity index (χ3v) is 4.53. The maximum absolute atomic E-state index is 13.1. The van der Waals surface area contributed by atoms with Gasteiger partial charge in [-0.3, -0.25) is 9.36 Å². The van der Waals surface area contributed by atoms with Crippen LogP contribution < -0.4 is 20.9 Å². The molecule has 10 heteroatoms. The number of rotatable bonds is 3. The molecule has 0 N–H and O–H groups in total. The number of anilines is 1. The number of ether oxygens (including phenoxy) is 1. The lowest BCUT2D eigenvalue weighted by molar-refractivity contribution is -0.139. The van der Waals surface area contributed by atoms with Crippen molar-refractivity contribution in [3.8, 4) is 5.75 Å². The van der Waals surface area contributed by atoms with E-state index in [1.165, 1.54) is 32.3 Å². The van der Waals surface area contributed by atoms with Gasteiger partial charge < -0.3 is 9.64 Å². The smallest absolute Gasteiger partial charge is 0.419 e. The van der Waals surface area contributed by atoms with Crippen molar-refractivity contribution in [1.29, 1.82) is 0 Å². The van der Waals surface area contributed by atoms with Gasteiger partial charge in [0.25, 0.3) is 5.56 Å². The number of benzene rings is 1. The number of hydrogen-bond donors (Lipinski definition) is 0. The lowest BCUT2D eigenvalue weighted by atomic mass is 10.1. The van der Waals surface area contributed by atoms with E-state index in [0.717, 1.165) is 15.3 Å². The van der Waals surface area contributed by atoms with Gasteiger partial charge in [0, 0.05) is 40.0 Å². The summed E-state index contributed by atoms with van der Waals surface area (Å²) in [6, 6.07) is 5.11. The Morgan fingerprint density at radius 1 is 1.11 bits per heavy atom. The van der Waals surface area contributed by atoms with Gasteiger partial charge in [-0.25, -0.2) is 9.48 Å². The van der Waals surface area contributed by atoms with Crippen LogP contribution in [0.4, 0.5) is 19.0 Å². The van der Waals surface area contributed by atoms with Gasteiger partial charge >= 0.3 is 11.9 Å². The molecule has 1 aromatic carbocycles. The Morgan fingerprint density at radius 3 is 2.37 bits per heavy atom. The van der Waals surface area contributed by atoms with Gasteiger partial charge in [0.15, 0.2) is 0 Å². The van der Waals surface area contributed by atoms with Crippen molar-refractivity contribution < 1.29 is 17.9 Å². The normalized spacial score (nSPS) is 15.8. The molecule has 0 bridgehead atoms. The van der Waals surface area contributed by atoms with Crippen molar-refractivity contribution in [1.82, 2.24) is 14.3 Å². The zero-order chi connectivity index (χ0) is 19.8. The second-order valence-electron chi connectivity index (χ2n) is 6.39. The number of aryl methyl sites for hydroxylation is 1. The Hall–Kier alpha value is -2.78. The maximum atomic E-state index is 13.1. The Bertz CT molecular complexity index is 944. The van der Waals surface area contributed by atoms with Crippen molar-refractivity contribution in [2.75, 3.05) is 18.0 Å². The highest BCUT2D eigenvalue weighted by Crippen LogP contribution is 2.37. The third kappa shape index (κ3) is 3.83. The largest absolute Gasteiger partial charge is 0.490 e. The molecule has 0 saturated carbocycles. The van der Waals surface area contributed by atoms with Crippen molar-refractivity contribution in [2.24, 2.45) is 14.1 Å². The highest BCUT2D eigenvalue weighted by Gasteiger charge is 2.35. The Kier molecular flexibility index (Phi) is 4.99. The van der Waals surface area contributed by atoms with Gasteiger partial charge in [-0.1, -0.05) is 12.1 Å². The molecule has 1 fully saturated rings. The van der Waals surface area contributed by atoms with E-state index >= 15 is 0 Å². The monoisotopic (exact) mass is 384 g/mol. The highest BCUT2D eigenvalue weighted by atomic mass is 19.4. The second-order valence-corrected chi connectivity index (χ2v) is 6.39. The van der Waals surface area contributed by atoms with Crippen molar-refractivity contribution >= 4 is 5.82 Å². The standard InChI is InChI=1S/C17H19F3N4O3/c1-22-15(25)14(21-23(2)16(22)26)24-9-7-11(8-10-24)27-13-6-4-3-5-12(13)17(18,19)20/h3-6,11H,7-10H2,1-2H3. The van der Waals surface area contributed by atoms with Crippen LogP contribution in [0.1, 0.15) is 18.4 Å². The predicted octanol–water partition coefficient (Wildman–Crippen LogP) is 1.55. The summed E-state index contributed by atoms with van der Waals surface area (Å²) in [7, 11) is 2.83. The molecule has 2 aromatic rings. The minimum absolute atomic E-state index is 0.147. The molecular weight excluding hydrogens is 365 g/mol. The number of para-hydroxylation sites is 1. The zero-order valence-corrected chi connectivity index (χ0v) is 14.9. The second kappa shape index (κ2) is 7.09. The van der Waals surface area contributed by atoms with E-state index in [1.54, 1.807) is 4.90 Å². The van der Waals surface area contributed by atoms with Crippen LogP contribution in [-0.2, 0) is 20.3 Å². The van der Waals surface area contributed by atoms with E-state index in [1.807, 2.05) is 0 Å². The first-order valence-electron chi connectivity index (χ1n) is 8.40. The molecule has 2 heterocycles. The summed E-state index contributed by atoms with van der Waals surface area (Å²) in [5.74, 6) is -0.0478. The van der Waals surface area contributed by atoms with Crippen molar-refractivity contribution in [3.05, 3.63) is 50.7 Å². The topological polar surface area (TPSA) is 69.4 Å². The fourth-order valence-corrected chi connectivity index (χ4v) is 3.05. The van der Waals surface area contributed by atoms with Crippen molar-refractivity contribution in [3.63, 3.8) is 0 Å². The Balaban J connectivity index is 1.73. The van der Waals surface area contributed by atoms with Crippen LogP contribution in [0.15, 0.2) is 33.9 Å². The maximum Gasteiger partial charge on any atom is 0.419 e. The van der Waals surface area contributed by atoms with E-state index in [4.69, 9.17) is 4.74 Å². The highest BCUT2D eigenvalue weighted by molar-refractivity contribution is 5.37. The van der Waals surface area contributed by atoms with E-state index < -0.39 is 29.1 Å². The first kappa shape index (κ1) is 19.0. The fourth-order valence-electron chi connectivity index (χ4n) is 3.05. The van der Waals surface area contributed by atoms with Gasteiger partial charge in [-0.05, 0) is 12.1 Å². The summed E-state index contributed by atoms with van der Waals surface area (Å²) < 4.78 is 46.9. The number of alkyl halides is 3. The van der Waals surface area contributed by atoms with E-state index in [0.29, 0.717) is 25.9 Å². The van der Waals surface area contributed by atoms with E-state index in [-0.39, 0.29) is 11.6 Å². The molecule has 7 nitrogen and oxygen atoms in total. The number of halogens is 3. The summed E-state index contributed by atoms with van der Waals surface area (Å²) in [6.45, 7) is 0.776. The van der Waals surface area contributed by atoms with Crippen molar-refractivity contribution in [2.45, 2.75) is 25.1 Å². The van der Waals surface area contributed by atoms with E-state index in [9.17, 15) is 22.8 Å². The lowest BCUT2D eigenvalue weighted by Gasteiger charge is -2.33. The number of hydrogen-bond acceptors (Lipinski definition) is 5. The molecule has 0 amide bonds.